The van der Waals surface area contributed by atoms with E-state index >= 15 is 0 Å². The molecule has 3 aliphatic rings. The molecule has 5 nitrogen and oxygen atoms in total. The van der Waals surface area contributed by atoms with Gasteiger partial charge in [-0.15, -0.1) is 0 Å². The Hall–Kier alpha value is -1.36. The number of hydrogen-bond acceptors (Lipinski definition) is 3. The second-order valence-electron chi connectivity index (χ2n) is 8.08. The molecule has 1 aliphatic heterocycles. The van der Waals surface area contributed by atoms with Gasteiger partial charge < -0.3 is 10.1 Å². The molecule has 24 heavy (non-hydrogen) atoms. The largest absolute Gasteiger partial charge is 0.373 e. The Morgan fingerprint density at radius 1 is 1.29 bits per heavy atom. The third kappa shape index (κ3) is 2.57. The van der Waals surface area contributed by atoms with Crippen LogP contribution in [0.3, 0.4) is 0 Å². The van der Waals surface area contributed by atoms with Crippen molar-refractivity contribution in [2.75, 3.05) is 6.61 Å². The van der Waals surface area contributed by atoms with Crippen LogP contribution in [0.1, 0.15) is 68.0 Å². The molecule has 132 valence electrons. The lowest BCUT2D eigenvalue weighted by atomic mass is 9.85. The van der Waals surface area contributed by atoms with E-state index in [2.05, 4.69) is 17.3 Å². The molecule has 1 saturated heterocycles. The van der Waals surface area contributed by atoms with Gasteiger partial charge in [0.05, 0.1) is 17.7 Å². The summed E-state index contributed by atoms with van der Waals surface area (Å²) in [6.07, 6.45) is 8.46. The number of nitrogens with one attached hydrogen (secondary N) is 1. The molecule has 4 rings (SSSR count). The first-order chi connectivity index (χ1) is 11.5. The Labute approximate surface area is 144 Å². The number of aryl methyl sites for hydroxylation is 2. The van der Waals surface area contributed by atoms with E-state index in [0.29, 0.717) is 18.1 Å². The Kier molecular flexibility index (Phi) is 3.94. The monoisotopic (exact) mass is 331 g/mol. The van der Waals surface area contributed by atoms with Crippen LogP contribution in [-0.2, 0) is 16.6 Å². The van der Waals surface area contributed by atoms with Crippen LogP contribution in [0.4, 0.5) is 0 Å². The third-order valence-electron chi connectivity index (χ3n) is 6.63. The first-order valence-corrected chi connectivity index (χ1v) is 9.44. The molecule has 2 saturated carbocycles. The number of aromatic nitrogens is 2. The molecule has 0 radical (unpaired) electrons. The minimum atomic E-state index is -0.139. The van der Waals surface area contributed by atoms with E-state index in [1.54, 1.807) is 0 Å². The summed E-state index contributed by atoms with van der Waals surface area (Å²) in [6, 6.07) is 0.405. The van der Waals surface area contributed by atoms with E-state index in [1.165, 1.54) is 38.5 Å². The molecule has 0 unspecified atom stereocenters. The highest BCUT2D eigenvalue weighted by molar-refractivity contribution is 5.80. The molecule has 3 atom stereocenters. The quantitative estimate of drug-likeness (QED) is 0.926. The van der Waals surface area contributed by atoms with Gasteiger partial charge in [-0.1, -0.05) is 19.3 Å². The summed E-state index contributed by atoms with van der Waals surface area (Å²) in [5, 5.41) is 7.85. The molecule has 1 aromatic heterocycles. The maximum absolute atomic E-state index is 12.9. The smallest absolute Gasteiger partial charge is 0.226 e. The normalized spacial score (nSPS) is 31.4. The molecular formula is C19H29N3O2. The van der Waals surface area contributed by atoms with Crippen LogP contribution >= 0.6 is 0 Å². The fraction of sp³-hybridized carbons (Fsp3) is 0.789. The molecule has 1 spiro atoms. The van der Waals surface area contributed by atoms with E-state index in [4.69, 9.17) is 4.74 Å². The van der Waals surface area contributed by atoms with Crippen molar-refractivity contribution < 1.29 is 9.53 Å². The van der Waals surface area contributed by atoms with Gasteiger partial charge in [0.1, 0.15) is 0 Å². The summed E-state index contributed by atoms with van der Waals surface area (Å²) in [6.45, 7) is 4.73. The topological polar surface area (TPSA) is 56.2 Å². The average Bonchev–Trinajstić information content (AvgIpc) is 2.91. The number of carbonyl (C=O) groups is 1. The first-order valence-electron chi connectivity index (χ1n) is 9.44. The summed E-state index contributed by atoms with van der Waals surface area (Å²) in [7, 11) is 1.95. The first kappa shape index (κ1) is 16.1. The zero-order chi connectivity index (χ0) is 16.9. The fourth-order valence-electron chi connectivity index (χ4n) is 4.98. The zero-order valence-corrected chi connectivity index (χ0v) is 15.1. The van der Waals surface area contributed by atoms with Crippen molar-refractivity contribution in [2.45, 2.75) is 70.9 Å². The van der Waals surface area contributed by atoms with Crippen LogP contribution in [0, 0.1) is 25.2 Å². The second kappa shape index (κ2) is 5.87. The lowest BCUT2D eigenvalue weighted by Crippen LogP contribution is -2.36. The van der Waals surface area contributed by atoms with Gasteiger partial charge in [-0.2, -0.15) is 5.10 Å². The number of rotatable bonds is 3. The van der Waals surface area contributed by atoms with Crippen molar-refractivity contribution in [3.05, 3.63) is 17.0 Å². The van der Waals surface area contributed by atoms with Crippen molar-refractivity contribution >= 4 is 5.91 Å². The van der Waals surface area contributed by atoms with Crippen LogP contribution in [0.2, 0.25) is 0 Å². The van der Waals surface area contributed by atoms with E-state index in [0.717, 1.165) is 23.4 Å². The number of nitrogens with zero attached hydrogens (tertiary/aromatic N) is 2. The van der Waals surface area contributed by atoms with Gasteiger partial charge in [-0.3, -0.25) is 9.48 Å². The molecule has 5 heteroatoms. The van der Waals surface area contributed by atoms with Crippen LogP contribution < -0.4 is 5.32 Å². The standard InChI is InChI=1S/C19H29N3O2/c1-12-16(13(2)22(3)21-12)17-14(7-10-24-17)18(23)20-15-11-19(15)8-5-4-6-9-19/h14-15,17H,4-11H2,1-3H3,(H,20,23)/t14-,15-,17-/m0/s1. The average molecular weight is 331 g/mol. The highest BCUT2D eigenvalue weighted by atomic mass is 16.5. The van der Waals surface area contributed by atoms with Gasteiger partial charge in [-0.05, 0) is 44.9 Å². The third-order valence-corrected chi connectivity index (χ3v) is 6.63. The highest BCUT2D eigenvalue weighted by Gasteiger charge is 2.55. The summed E-state index contributed by atoms with van der Waals surface area (Å²) in [5.41, 5.74) is 3.63. The predicted octanol–water partition coefficient (Wildman–Crippen LogP) is 2.95. The van der Waals surface area contributed by atoms with Crippen LogP contribution in [0.5, 0.6) is 0 Å². The summed E-state index contributed by atoms with van der Waals surface area (Å²) >= 11 is 0. The fourth-order valence-corrected chi connectivity index (χ4v) is 4.98. The van der Waals surface area contributed by atoms with E-state index in [1.807, 2.05) is 18.7 Å². The molecule has 1 N–H and O–H groups in total. The lowest BCUT2D eigenvalue weighted by Gasteiger charge is -2.24. The van der Waals surface area contributed by atoms with E-state index in [-0.39, 0.29) is 17.9 Å². The highest BCUT2D eigenvalue weighted by Crippen LogP contribution is 2.56. The van der Waals surface area contributed by atoms with Gasteiger partial charge >= 0.3 is 0 Å². The number of amides is 1. The van der Waals surface area contributed by atoms with Gasteiger partial charge in [0, 0.05) is 31.0 Å². The molecule has 2 heterocycles. The van der Waals surface area contributed by atoms with Crippen molar-refractivity contribution in [1.82, 2.24) is 15.1 Å². The maximum Gasteiger partial charge on any atom is 0.226 e. The number of carbonyl (C=O) groups excluding carboxylic acids is 1. The molecule has 1 amide bonds. The van der Waals surface area contributed by atoms with E-state index < -0.39 is 0 Å². The Morgan fingerprint density at radius 2 is 2.04 bits per heavy atom. The van der Waals surface area contributed by atoms with Gasteiger partial charge in [-0.25, -0.2) is 0 Å². The van der Waals surface area contributed by atoms with Gasteiger partial charge in [0.2, 0.25) is 5.91 Å². The predicted molar refractivity (Wildman–Crippen MR) is 91.5 cm³/mol. The summed E-state index contributed by atoms with van der Waals surface area (Å²) < 4.78 is 7.86. The SMILES string of the molecule is Cc1nn(C)c(C)c1[C@H]1OCC[C@@H]1C(=O)N[C@H]1CC12CCCCC2. The van der Waals surface area contributed by atoms with Crippen molar-refractivity contribution in [1.29, 1.82) is 0 Å². The molecule has 0 aromatic carbocycles. The minimum absolute atomic E-state index is 0.0761. The van der Waals surface area contributed by atoms with E-state index in [9.17, 15) is 4.79 Å². The van der Waals surface area contributed by atoms with Crippen molar-refractivity contribution in [3.63, 3.8) is 0 Å². The van der Waals surface area contributed by atoms with Crippen molar-refractivity contribution in [2.24, 2.45) is 18.4 Å². The van der Waals surface area contributed by atoms with Gasteiger partial charge in [0.25, 0.3) is 0 Å². The maximum atomic E-state index is 12.9. The zero-order valence-electron chi connectivity index (χ0n) is 15.1. The Balaban J connectivity index is 1.46. The number of hydrogen-bond donors (Lipinski definition) is 1. The summed E-state index contributed by atoms with van der Waals surface area (Å²) in [5.74, 6) is 0.112. The lowest BCUT2D eigenvalue weighted by molar-refractivity contribution is -0.127. The van der Waals surface area contributed by atoms with Crippen LogP contribution in [0.25, 0.3) is 0 Å². The molecular weight excluding hydrogens is 302 g/mol. The summed E-state index contributed by atoms with van der Waals surface area (Å²) in [4.78, 5) is 12.9. The molecule has 1 aromatic rings. The number of ether oxygens (including phenoxy) is 1. The van der Waals surface area contributed by atoms with Gasteiger partial charge in [0.15, 0.2) is 0 Å². The Bertz CT molecular complexity index is 645. The Morgan fingerprint density at radius 3 is 2.71 bits per heavy atom. The molecule has 2 aliphatic carbocycles. The molecule has 3 fully saturated rings. The van der Waals surface area contributed by atoms with Crippen molar-refractivity contribution in [3.8, 4) is 0 Å². The molecule has 0 bridgehead atoms. The van der Waals surface area contributed by atoms with Crippen LogP contribution in [-0.4, -0.2) is 28.3 Å². The van der Waals surface area contributed by atoms with Crippen LogP contribution in [0.15, 0.2) is 0 Å². The second-order valence-corrected chi connectivity index (χ2v) is 8.08. The minimum Gasteiger partial charge on any atom is -0.373 e.